The second-order valence-corrected chi connectivity index (χ2v) is 3.69. The Bertz CT molecular complexity index is 482. The molecule has 0 bridgehead atoms. The van der Waals surface area contributed by atoms with Crippen LogP contribution in [-0.4, -0.2) is 15.9 Å². The summed E-state index contributed by atoms with van der Waals surface area (Å²) < 4.78 is 0.573. The molecule has 0 aromatic carbocycles. The van der Waals surface area contributed by atoms with Crippen molar-refractivity contribution in [1.29, 1.82) is 0 Å². The smallest absolute Gasteiger partial charge is 0.150 e. The van der Waals surface area contributed by atoms with Gasteiger partial charge in [-0.1, -0.05) is 11.6 Å². The number of aromatic carboxylic acids is 1. The zero-order chi connectivity index (χ0) is 9.42. The fourth-order valence-corrected chi connectivity index (χ4v) is 2.01. The molecular weight excluding hydrogens is 212 g/mol. The van der Waals surface area contributed by atoms with Crippen molar-refractivity contribution in [3.8, 4) is 0 Å². The zero-order valence-electron chi connectivity index (χ0n) is 6.15. The quantitative estimate of drug-likeness (QED) is 0.655. The number of fused-ring (bicyclic) bond motifs is 1. The molecule has 2 heterocycles. The second-order valence-electron chi connectivity index (χ2n) is 2.28. The predicted octanol–water partition coefficient (Wildman–Crippen LogP) is 0.708. The highest BCUT2D eigenvalue weighted by Crippen LogP contribution is 2.28. The van der Waals surface area contributed by atoms with Gasteiger partial charge in [-0.05, 0) is 6.07 Å². The van der Waals surface area contributed by atoms with Gasteiger partial charge < -0.3 is 9.90 Å². The molecule has 2 aromatic rings. The molecule has 0 amide bonds. The molecule has 0 saturated heterocycles. The maximum atomic E-state index is 10.5. The van der Waals surface area contributed by atoms with Crippen LogP contribution in [0.2, 0.25) is 5.15 Å². The summed E-state index contributed by atoms with van der Waals surface area (Å²) in [4.78, 5) is 18.2. The molecular formula is C7H2ClN2O2S-. The summed E-state index contributed by atoms with van der Waals surface area (Å²) in [5.74, 6) is -1.22. The third kappa shape index (κ3) is 1.36. The molecule has 0 aliphatic heterocycles. The number of aromatic nitrogens is 2. The number of carbonyl (C=O) groups excluding carboxylic acids is 1. The summed E-state index contributed by atoms with van der Waals surface area (Å²) in [7, 11) is 0. The van der Waals surface area contributed by atoms with Crippen molar-refractivity contribution in [2.24, 2.45) is 0 Å². The number of rotatable bonds is 1. The van der Waals surface area contributed by atoms with Gasteiger partial charge in [-0.15, -0.1) is 11.3 Å². The highest BCUT2D eigenvalue weighted by atomic mass is 35.5. The summed E-state index contributed by atoms with van der Waals surface area (Å²) in [6.07, 6.45) is 1.29. The number of halogens is 1. The van der Waals surface area contributed by atoms with E-state index in [-0.39, 0.29) is 10.0 Å². The van der Waals surface area contributed by atoms with Crippen molar-refractivity contribution >= 4 is 39.1 Å². The molecule has 0 fully saturated rings. The molecule has 0 unspecified atom stereocenters. The van der Waals surface area contributed by atoms with Gasteiger partial charge in [0.15, 0.2) is 0 Å². The molecule has 4 nitrogen and oxygen atoms in total. The number of carboxylic acid groups (broad SMARTS) is 1. The summed E-state index contributed by atoms with van der Waals surface area (Å²) in [6, 6.07) is 1.42. The van der Waals surface area contributed by atoms with Gasteiger partial charge in [0, 0.05) is 0 Å². The Morgan fingerprint density at radius 1 is 1.54 bits per heavy atom. The first-order chi connectivity index (χ1) is 6.18. The minimum absolute atomic E-state index is 0.109. The molecule has 0 radical (unpaired) electrons. The Kier molecular flexibility index (Phi) is 1.90. The normalized spacial score (nSPS) is 10.5. The Labute approximate surface area is 81.8 Å². The van der Waals surface area contributed by atoms with Gasteiger partial charge in [0.05, 0.1) is 21.1 Å². The number of carbonyl (C=O) groups is 1. The Morgan fingerprint density at radius 3 is 2.92 bits per heavy atom. The Balaban J connectivity index is 2.75. The van der Waals surface area contributed by atoms with E-state index in [0.29, 0.717) is 10.2 Å². The van der Waals surface area contributed by atoms with Crippen LogP contribution in [-0.2, 0) is 0 Å². The average molecular weight is 214 g/mol. The third-order valence-corrected chi connectivity index (χ3v) is 2.98. The largest absolute Gasteiger partial charge is 0.544 e. The molecule has 0 aliphatic carbocycles. The van der Waals surface area contributed by atoms with Crippen molar-refractivity contribution in [2.75, 3.05) is 0 Å². The maximum Gasteiger partial charge on any atom is 0.150 e. The topological polar surface area (TPSA) is 65.9 Å². The van der Waals surface area contributed by atoms with E-state index < -0.39 is 5.97 Å². The lowest BCUT2D eigenvalue weighted by molar-refractivity contribution is -0.254. The number of thiophene rings is 1. The molecule has 66 valence electrons. The molecule has 0 spiro atoms. The average Bonchev–Trinajstić information content (AvgIpc) is 2.49. The highest BCUT2D eigenvalue weighted by molar-refractivity contribution is 7.21. The Morgan fingerprint density at radius 2 is 2.31 bits per heavy atom. The summed E-state index contributed by atoms with van der Waals surface area (Å²) in [6.45, 7) is 0. The van der Waals surface area contributed by atoms with E-state index >= 15 is 0 Å². The van der Waals surface area contributed by atoms with Crippen LogP contribution in [0.1, 0.15) is 9.67 Å². The van der Waals surface area contributed by atoms with Crippen LogP contribution in [0.4, 0.5) is 0 Å². The van der Waals surface area contributed by atoms with Crippen LogP contribution in [0.5, 0.6) is 0 Å². The molecule has 2 rings (SSSR count). The van der Waals surface area contributed by atoms with Gasteiger partial charge in [0.2, 0.25) is 0 Å². The maximum absolute atomic E-state index is 10.5. The highest BCUT2D eigenvalue weighted by Gasteiger charge is 2.06. The van der Waals surface area contributed by atoms with Gasteiger partial charge in [0.25, 0.3) is 0 Å². The third-order valence-electron chi connectivity index (χ3n) is 1.47. The van der Waals surface area contributed by atoms with Crippen LogP contribution in [0, 0.1) is 0 Å². The molecule has 0 atom stereocenters. The molecule has 13 heavy (non-hydrogen) atoms. The Hall–Kier alpha value is -1.20. The first-order valence-electron chi connectivity index (χ1n) is 3.30. The molecule has 0 aliphatic rings. The van der Waals surface area contributed by atoms with E-state index in [2.05, 4.69) is 9.97 Å². The predicted molar refractivity (Wildman–Crippen MR) is 46.8 cm³/mol. The minimum atomic E-state index is -1.22. The molecule has 2 aromatic heterocycles. The monoisotopic (exact) mass is 213 g/mol. The van der Waals surface area contributed by atoms with Crippen LogP contribution in [0.3, 0.4) is 0 Å². The van der Waals surface area contributed by atoms with Crippen molar-refractivity contribution in [3.63, 3.8) is 0 Å². The van der Waals surface area contributed by atoms with Gasteiger partial charge in [-0.25, -0.2) is 9.97 Å². The van der Waals surface area contributed by atoms with E-state index in [0.717, 1.165) is 11.3 Å². The number of nitrogens with zero attached hydrogens (tertiary/aromatic N) is 2. The first kappa shape index (κ1) is 8.40. The van der Waals surface area contributed by atoms with Crippen molar-refractivity contribution in [3.05, 3.63) is 22.4 Å². The molecule has 6 heteroatoms. The van der Waals surface area contributed by atoms with Gasteiger partial charge in [-0.3, -0.25) is 0 Å². The molecule has 0 N–H and O–H groups in total. The second kappa shape index (κ2) is 2.93. The molecule has 0 saturated carbocycles. The fourth-order valence-electron chi connectivity index (χ4n) is 0.926. The zero-order valence-corrected chi connectivity index (χ0v) is 7.72. The van der Waals surface area contributed by atoms with Crippen LogP contribution >= 0.6 is 22.9 Å². The van der Waals surface area contributed by atoms with Gasteiger partial charge in [-0.2, -0.15) is 0 Å². The van der Waals surface area contributed by atoms with Crippen molar-refractivity contribution < 1.29 is 9.90 Å². The van der Waals surface area contributed by atoms with E-state index in [4.69, 9.17) is 11.6 Å². The number of hydrogen-bond donors (Lipinski definition) is 0. The summed E-state index contributed by atoms with van der Waals surface area (Å²) in [5.41, 5.74) is 0.532. The van der Waals surface area contributed by atoms with Crippen LogP contribution < -0.4 is 5.11 Å². The minimum Gasteiger partial charge on any atom is -0.544 e. The fraction of sp³-hybridized carbons (Fsp3) is 0. The number of hydrogen-bond acceptors (Lipinski definition) is 5. The number of carboxylic acids is 1. The van der Waals surface area contributed by atoms with Crippen molar-refractivity contribution in [1.82, 2.24) is 9.97 Å². The SMILES string of the molecule is O=C([O-])c1cc2ncnc(Cl)c2s1. The van der Waals surface area contributed by atoms with E-state index in [1.165, 1.54) is 12.4 Å². The lowest BCUT2D eigenvalue weighted by Crippen LogP contribution is -2.20. The van der Waals surface area contributed by atoms with Crippen LogP contribution in [0.15, 0.2) is 12.4 Å². The summed E-state index contributed by atoms with van der Waals surface area (Å²) in [5, 5.41) is 10.8. The van der Waals surface area contributed by atoms with E-state index in [1.54, 1.807) is 0 Å². The van der Waals surface area contributed by atoms with Gasteiger partial charge >= 0.3 is 0 Å². The summed E-state index contributed by atoms with van der Waals surface area (Å²) >= 11 is 6.73. The van der Waals surface area contributed by atoms with E-state index in [9.17, 15) is 9.90 Å². The van der Waals surface area contributed by atoms with Crippen LogP contribution in [0.25, 0.3) is 10.2 Å². The van der Waals surface area contributed by atoms with E-state index in [1.807, 2.05) is 0 Å². The standard InChI is InChI=1S/C7H3ClN2O2S/c8-6-5-3(9-2-10-6)1-4(13-5)7(11)12/h1-2H,(H,11,12)/p-1. The first-order valence-corrected chi connectivity index (χ1v) is 4.49. The van der Waals surface area contributed by atoms with Gasteiger partial charge in [0.1, 0.15) is 11.5 Å². The van der Waals surface area contributed by atoms with Crippen molar-refractivity contribution in [2.45, 2.75) is 0 Å². The lowest BCUT2D eigenvalue weighted by atomic mass is 10.4. The lowest BCUT2D eigenvalue weighted by Gasteiger charge is -1.92.